The number of carbonyl (C=O) groups excluding carboxylic acids is 1. The number of halogens is 2. The first-order valence-corrected chi connectivity index (χ1v) is 10.9. The lowest BCUT2D eigenvalue weighted by Gasteiger charge is -2.25. The Hall–Kier alpha value is -3.22. The molecular weight excluding hydrogens is 445 g/mol. The highest BCUT2D eigenvalue weighted by Crippen LogP contribution is 2.45. The van der Waals surface area contributed by atoms with Gasteiger partial charge in [0.05, 0.1) is 5.69 Å². The molecular formula is C24H19Cl2N5O. The molecule has 1 N–H and O–H groups in total. The van der Waals surface area contributed by atoms with Gasteiger partial charge < -0.3 is 5.32 Å². The number of rotatable bonds is 3. The minimum atomic E-state index is -0.266. The van der Waals surface area contributed by atoms with Crippen molar-refractivity contribution in [3.8, 4) is 17.2 Å². The average molecular weight is 464 g/mol. The second-order valence-electron chi connectivity index (χ2n) is 7.81. The van der Waals surface area contributed by atoms with E-state index in [2.05, 4.69) is 15.3 Å². The second kappa shape index (κ2) is 8.04. The van der Waals surface area contributed by atoms with Crippen molar-refractivity contribution in [1.29, 1.82) is 0 Å². The highest BCUT2D eigenvalue weighted by Gasteiger charge is 2.35. The highest BCUT2D eigenvalue weighted by molar-refractivity contribution is 6.31. The average Bonchev–Trinajstić information content (AvgIpc) is 3.13. The second-order valence-corrected chi connectivity index (χ2v) is 8.65. The molecule has 0 radical (unpaired) electrons. The Morgan fingerprint density at radius 1 is 1.00 bits per heavy atom. The summed E-state index contributed by atoms with van der Waals surface area (Å²) in [6, 6.07) is 17.0. The van der Waals surface area contributed by atoms with Crippen LogP contribution in [0.1, 0.15) is 34.9 Å². The van der Waals surface area contributed by atoms with Gasteiger partial charge in [0.2, 0.25) is 5.91 Å². The van der Waals surface area contributed by atoms with E-state index in [1.54, 1.807) is 4.68 Å². The van der Waals surface area contributed by atoms with E-state index in [1.165, 1.54) is 0 Å². The van der Waals surface area contributed by atoms with Crippen LogP contribution in [0.25, 0.3) is 17.2 Å². The maximum absolute atomic E-state index is 12.8. The molecule has 0 bridgehead atoms. The number of amides is 1. The molecule has 0 aliphatic carbocycles. The number of anilines is 1. The van der Waals surface area contributed by atoms with Crippen molar-refractivity contribution < 1.29 is 4.79 Å². The number of nitrogens with one attached hydrogen (secondary N) is 1. The van der Waals surface area contributed by atoms with Crippen LogP contribution in [0.4, 0.5) is 5.82 Å². The highest BCUT2D eigenvalue weighted by atomic mass is 35.5. The summed E-state index contributed by atoms with van der Waals surface area (Å²) in [5.41, 5.74) is 4.99. The Morgan fingerprint density at radius 3 is 2.38 bits per heavy atom. The fourth-order valence-corrected chi connectivity index (χ4v) is 4.54. The first-order valence-electron chi connectivity index (χ1n) is 10.2. The minimum absolute atomic E-state index is 0.115. The van der Waals surface area contributed by atoms with Crippen LogP contribution in [-0.4, -0.2) is 25.7 Å². The Bertz CT molecular complexity index is 1330. The van der Waals surface area contributed by atoms with Crippen molar-refractivity contribution in [2.45, 2.75) is 26.2 Å². The van der Waals surface area contributed by atoms with E-state index < -0.39 is 0 Å². The number of hydrogen-bond acceptors (Lipinski definition) is 4. The van der Waals surface area contributed by atoms with Crippen molar-refractivity contribution in [2.75, 3.05) is 5.32 Å². The van der Waals surface area contributed by atoms with Gasteiger partial charge in [0.15, 0.2) is 0 Å². The van der Waals surface area contributed by atoms with Crippen molar-refractivity contribution >= 4 is 34.9 Å². The fourth-order valence-electron chi connectivity index (χ4n) is 4.14. The third-order valence-electron chi connectivity index (χ3n) is 5.48. The van der Waals surface area contributed by atoms with Crippen molar-refractivity contribution in [3.05, 3.63) is 87.2 Å². The number of aromatic nitrogens is 4. The van der Waals surface area contributed by atoms with Gasteiger partial charge in [0, 0.05) is 44.9 Å². The molecule has 1 unspecified atom stereocenters. The van der Waals surface area contributed by atoms with Crippen LogP contribution in [-0.2, 0) is 4.79 Å². The molecule has 32 heavy (non-hydrogen) atoms. The lowest BCUT2D eigenvalue weighted by Crippen LogP contribution is -2.25. The van der Waals surface area contributed by atoms with Crippen LogP contribution in [0.3, 0.4) is 0 Å². The molecule has 1 aliphatic heterocycles. The first-order chi connectivity index (χ1) is 15.4. The first kappa shape index (κ1) is 20.7. The minimum Gasteiger partial charge on any atom is -0.310 e. The Kier molecular flexibility index (Phi) is 5.19. The number of carbonyl (C=O) groups is 1. The standard InChI is InChI=1S/C24H19Cl2N5O/c1-13-11-14(2)28-24(27-13)31-23-21(22(30-31)15-7-9-16(25)10-8-15)18(12-20(32)29-23)17-5-3-4-6-19(17)26/h3-11,18H,12H2,1-2H3,(H,29,32). The molecule has 4 aromatic rings. The zero-order valence-electron chi connectivity index (χ0n) is 17.4. The predicted octanol–water partition coefficient (Wildman–Crippen LogP) is 5.73. The van der Waals surface area contributed by atoms with Crippen LogP contribution in [0, 0.1) is 13.8 Å². The summed E-state index contributed by atoms with van der Waals surface area (Å²) < 4.78 is 1.61. The molecule has 0 saturated heterocycles. The predicted molar refractivity (Wildman–Crippen MR) is 126 cm³/mol. The number of hydrogen-bond donors (Lipinski definition) is 1. The summed E-state index contributed by atoms with van der Waals surface area (Å²) in [7, 11) is 0. The van der Waals surface area contributed by atoms with Crippen LogP contribution >= 0.6 is 23.2 Å². The molecule has 3 heterocycles. The van der Waals surface area contributed by atoms with Gasteiger partial charge in [0.1, 0.15) is 5.82 Å². The molecule has 1 amide bonds. The Balaban J connectivity index is 1.80. The van der Waals surface area contributed by atoms with E-state index in [4.69, 9.17) is 28.3 Å². The van der Waals surface area contributed by atoms with E-state index >= 15 is 0 Å². The van der Waals surface area contributed by atoms with Gasteiger partial charge in [0.25, 0.3) is 5.95 Å². The van der Waals surface area contributed by atoms with E-state index in [-0.39, 0.29) is 18.2 Å². The lowest BCUT2D eigenvalue weighted by molar-refractivity contribution is -0.116. The van der Waals surface area contributed by atoms with Crippen molar-refractivity contribution in [1.82, 2.24) is 19.7 Å². The molecule has 8 heteroatoms. The molecule has 0 fully saturated rings. The zero-order valence-corrected chi connectivity index (χ0v) is 18.9. The third-order valence-corrected chi connectivity index (χ3v) is 6.07. The summed E-state index contributed by atoms with van der Waals surface area (Å²) in [5.74, 6) is 0.577. The van der Waals surface area contributed by atoms with Gasteiger partial charge in [-0.15, -0.1) is 0 Å². The van der Waals surface area contributed by atoms with Gasteiger partial charge in [-0.3, -0.25) is 4.79 Å². The lowest BCUT2D eigenvalue weighted by atomic mass is 9.84. The largest absolute Gasteiger partial charge is 0.310 e. The van der Waals surface area contributed by atoms with E-state index in [0.29, 0.717) is 21.8 Å². The summed E-state index contributed by atoms with van der Waals surface area (Å²) in [6.07, 6.45) is 0.261. The third kappa shape index (κ3) is 3.66. The molecule has 5 rings (SSSR count). The quantitative estimate of drug-likeness (QED) is 0.421. The number of nitrogens with zero attached hydrogens (tertiary/aromatic N) is 4. The molecule has 160 valence electrons. The fraction of sp³-hybridized carbons (Fsp3) is 0.167. The number of aryl methyl sites for hydroxylation is 2. The summed E-state index contributed by atoms with van der Waals surface area (Å²) in [4.78, 5) is 21.9. The van der Waals surface area contributed by atoms with Crippen LogP contribution < -0.4 is 5.32 Å². The van der Waals surface area contributed by atoms with Gasteiger partial charge in [-0.1, -0.05) is 53.5 Å². The maximum atomic E-state index is 12.8. The molecule has 1 aliphatic rings. The normalized spacial score (nSPS) is 15.4. The van der Waals surface area contributed by atoms with Crippen LogP contribution in [0.15, 0.2) is 54.6 Å². The van der Waals surface area contributed by atoms with Gasteiger partial charge in [-0.25, -0.2) is 9.97 Å². The summed E-state index contributed by atoms with van der Waals surface area (Å²) >= 11 is 12.7. The summed E-state index contributed by atoms with van der Waals surface area (Å²) in [5, 5.41) is 9.12. The summed E-state index contributed by atoms with van der Waals surface area (Å²) in [6.45, 7) is 3.80. The van der Waals surface area contributed by atoms with E-state index in [9.17, 15) is 4.79 Å². The van der Waals surface area contributed by atoms with Crippen LogP contribution in [0.5, 0.6) is 0 Å². The van der Waals surface area contributed by atoms with Gasteiger partial charge in [-0.2, -0.15) is 9.78 Å². The van der Waals surface area contributed by atoms with E-state index in [0.717, 1.165) is 33.8 Å². The Labute approximate surface area is 195 Å². The molecule has 0 spiro atoms. The zero-order chi connectivity index (χ0) is 22.4. The topological polar surface area (TPSA) is 72.7 Å². The van der Waals surface area contributed by atoms with Crippen molar-refractivity contribution in [3.63, 3.8) is 0 Å². The molecule has 1 atom stereocenters. The number of fused-ring (bicyclic) bond motifs is 1. The SMILES string of the molecule is Cc1cc(C)nc(-n2nc(-c3ccc(Cl)cc3)c3c2NC(=O)CC3c2ccccc2Cl)n1. The monoisotopic (exact) mass is 463 g/mol. The molecule has 2 aromatic heterocycles. The van der Waals surface area contributed by atoms with Crippen LogP contribution in [0.2, 0.25) is 10.0 Å². The molecule has 6 nitrogen and oxygen atoms in total. The van der Waals surface area contributed by atoms with Gasteiger partial charge >= 0.3 is 0 Å². The smallest absolute Gasteiger partial charge is 0.252 e. The van der Waals surface area contributed by atoms with E-state index in [1.807, 2.05) is 68.4 Å². The maximum Gasteiger partial charge on any atom is 0.252 e. The number of benzene rings is 2. The van der Waals surface area contributed by atoms with Crippen molar-refractivity contribution in [2.24, 2.45) is 0 Å². The van der Waals surface area contributed by atoms with Gasteiger partial charge in [-0.05, 0) is 43.7 Å². The Morgan fingerprint density at radius 2 is 1.69 bits per heavy atom. The molecule has 2 aromatic carbocycles. The molecule has 0 saturated carbocycles.